The van der Waals surface area contributed by atoms with Gasteiger partial charge in [-0.15, -0.1) is 0 Å². The second kappa shape index (κ2) is 10.2. The van der Waals surface area contributed by atoms with E-state index in [2.05, 4.69) is 43.3 Å². The lowest BCUT2D eigenvalue weighted by atomic mass is 9.90. The van der Waals surface area contributed by atoms with Gasteiger partial charge in [0.25, 0.3) is 0 Å². The summed E-state index contributed by atoms with van der Waals surface area (Å²) in [5.74, 6) is -1.75. The lowest BCUT2D eigenvalue weighted by Crippen LogP contribution is -2.38. The number of nitrogens with zero attached hydrogens (tertiary/aromatic N) is 1. The fourth-order valence-corrected chi connectivity index (χ4v) is 5.41. The van der Waals surface area contributed by atoms with Crippen LogP contribution in [-0.4, -0.2) is 23.7 Å². The third kappa shape index (κ3) is 4.88. The van der Waals surface area contributed by atoms with E-state index in [4.69, 9.17) is 4.74 Å². The van der Waals surface area contributed by atoms with Crippen molar-refractivity contribution in [2.45, 2.75) is 45.1 Å². The Morgan fingerprint density at radius 1 is 1.05 bits per heavy atom. The number of halogens is 2. The van der Waals surface area contributed by atoms with Crippen molar-refractivity contribution in [3.05, 3.63) is 101 Å². The number of carboxylic acid groups (broad SMARTS) is 1. The minimum absolute atomic E-state index is 0.230. The van der Waals surface area contributed by atoms with Gasteiger partial charge in [0, 0.05) is 11.8 Å². The first kappa shape index (κ1) is 24.8. The summed E-state index contributed by atoms with van der Waals surface area (Å²) in [6.45, 7) is 4.28. The van der Waals surface area contributed by atoms with Crippen LogP contribution in [0.4, 0.5) is 20.2 Å². The van der Waals surface area contributed by atoms with Gasteiger partial charge >= 0.3 is 5.97 Å². The van der Waals surface area contributed by atoms with E-state index >= 15 is 0 Å². The highest BCUT2D eigenvalue weighted by atomic mass is 19.1. The molecule has 1 N–H and O–H groups in total. The standard InChI is InChI=1S/C31H29F2NO3/c1-19(24-12-6-9-21-8-3-4-11-25(21)24)7-5-10-23-18-34(28-15-13-22(32)17-29(28)37-23)27-16-14-26(33)30(20(27)2)31(35)36/h3-4,6,8-9,11-17,19,23H,5,7,10,18H2,1-2H3,(H,35,36)/t19-,23?/m0/s1. The van der Waals surface area contributed by atoms with E-state index in [1.807, 2.05) is 11.0 Å². The maximum atomic E-state index is 14.3. The molecule has 1 unspecified atom stereocenters. The molecule has 1 aliphatic rings. The van der Waals surface area contributed by atoms with Gasteiger partial charge in [0.05, 0.1) is 12.2 Å². The predicted octanol–water partition coefficient (Wildman–Crippen LogP) is 8.00. The summed E-state index contributed by atoms with van der Waals surface area (Å²) in [5, 5.41) is 12.0. The van der Waals surface area contributed by atoms with Crippen LogP contribution in [0.3, 0.4) is 0 Å². The second-order valence-electron chi connectivity index (χ2n) is 9.73. The van der Waals surface area contributed by atoms with Crippen molar-refractivity contribution in [3.8, 4) is 5.75 Å². The molecular formula is C31H29F2NO3. The molecule has 1 aliphatic heterocycles. The molecule has 0 fully saturated rings. The summed E-state index contributed by atoms with van der Waals surface area (Å²) in [6, 6.07) is 21.9. The molecule has 5 rings (SSSR count). The molecular weight excluding hydrogens is 472 g/mol. The summed E-state index contributed by atoms with van der Waals surface area (Å²) >= 11 is 0. The lowest BCUT2D eigenvalue weighted by Gasteiger charge is -2.37. The van der Waals surface area contributed by atoms with Crippen molar-refractivity contribution in [2.24, 2.45) is 0 Å². The molecule has 0 radical (unpaired) electrons. The lowest BCUT2D eigenvalue weighted by molar-refractivity contribution is 0.0691. The van der Waals surface area contributed by atoms with Gasteiger partial charge in [-0.3, -0.25) is 0 Å². The highest BCUT2D eigenvalue weighted by Gasteiger charge is 2.30. The summed E-state index contributed by atoms with van der Waals surface area (Å²) in [6.07, 6.45) is 2.37. The predicted molar refractivity (Wildman–Crippen MR) is 142 cm³/mol. The van der Waals surface area contributed by atoms with Gasteiger partial charge in [-0.25, -0.2) is 13.6 Å². The van der Waals surface area contributed by atoms with Gasteiger partial charge in [0.1, 0.15) is 29.1 Å². The van der Waals surface area contributed by atoms with Crippen molar-refractivity contribution in [1.29, 1.82) is 0 Å². The van der Waals surface area contributed by atoms with E-state index in [-0.39, 0.29) is 11.7 Å². The molecule has 0 bridgehead atoms. The van der Waals surface area contributed by atoms with Crippen LogP contribution in [0.25, 0.3) is 10.8 Å². The Labute approximate surface area is 215 Å². The number of anilines is 2. The zero-order valence-corrected chi connectivity index (χ0v) is 20.9. The first-order valence-electron chi connectivity index (χ1n) is 12.6. The minimum atomic E-state index is -1.32. The van der Waals surface area contributed by atoms with Crippen LogP contribution in [0.1, 0.15) is 53.6 Å². The molecule has 1 heterocycles. The van der Waals surface area contributed by atoms with E-state index < -0.39 is 17.6 Å². The van der Waals surface area contributed by atoms with Crippen LogP contribution in [0, 0.1) is 18.6 Å². The first-order chi connectivity index (χ1) is 17.8. The van der Waals surface area contributed by atoms with Crippen LogP contribution in [0.15, 0.2) is 72.8 Å². The Bertz CT molecular complexity index is 1460. The van der Waals surface area contributed by atoms with Crippen LogP contribution >= 0.6 is 0 Å². The number of rotatable bonds is 7. The van der Waals surface area contributed by atoms with Crippen LogP contribution in [0.2, 0.25) is 0 Å². The molecule has 2 atom stereocenters. The maximum Gasteiger partial charge on any atom is 0.339 e. The molecule has 37 heavy (non-hydrogen) atoms. The Hall–Kier alpha value is -3.93. The van der Waals surface area contributed by atoms with Crippen molar-refractivity contribution < 1.29 is 23.4 Å². The normalized spacial score (nSPS) is 15.8. The average molecular weight is 502 g/mol. The van der Waals surface area contributed by atoms with E-state index in [0.29, 0.717) is 35.2 Å². The molecule has 4 aromatic carbocycles. The number of hydrogen-bond donors (Lipinski definition) is 1. The third-order valence-corrected chi connectivity index (χ3v) is 7.30. The Kier molecular flexibility index (Phi) is 6.83. The van der Waals surface area contributed by atoms with Crippen molar-refractivity contribution in [3.63, 3.8) is 0 Å². The largest absolute Gasteiger partial charge is 0.486 e. The zero-order chi connectivity index (χ0) is 26.1. The number of aromatic carboxylic acids is 1. The number of carboxylic acids is 1. The van der Waals surface area contributed by atoms with Crippen LogP contribution < -0.4 is 9.64 Å². The molecule has 0 aromatic heterocycles. The highest BCUT2D eigenvalue weighted by Crippen LogP contribution is 2.41. The molecule has 0 saturated heterocycles. The quantitative estimate of drug-likeness (QED) is 0.279. The van der Waals surface area contributed by atoms with Gasteiger partial charge in [-0.1, -0.05) is 49.4 Å². The Balaban J connectivity index is 1.36. The summed E-state index contributed by atoms with van der Waals surface area (Å²) < 4.78 is 34.6. The van der Waals surface area contributed by atoms with Gasteiger partial charge < -0.3 is 14.7 Å². The summed E-state index contributed by atoms with van der Waals surface area (Å²) in [7, 11) is 0. The van der Waals surface area contributed by atoms with Gasteiger partial charge in [0.15, 0.2) is 0 Å². The number of carbonyl (C=O) groups is 1. The zero-order valence-electron chi connectivity index (χ0n) is 20.9. The number of ether oxygens (including phenoxy) is 1. The number of benzene rings is 4. The maximum absolute atomic E-state index is 14.3. The van der Waals surface area contributed by atoms with Crippen molar-refractivity contribution in [2.75, 3.05) is 11.4 Å². The van der Waals surface area contributed by atoms with Crippen molar-refractivity contribution in [1.82, 2.24) is 0 Å². The molecule has 0 amide bonds. The summed E-state index contributed by atoms with van der Waals surface area (Å²) in [5.41, 5.74) is 2.50. The molecule has 6 heteroatoms. The number of hydrogen-bond acceptors (Lipinski definition) is 3. The summed E-state index contributed by atoms with van der Waals surface area (Å²) in [4.78, 5) is 13.6. The van der Waals surface area contributed by atoms with Crippen LogP contribution in [0.5, 0.6) is 5.75 Å². The molecule has 4 nitrogen and oxygen atoms in total. The van der Waals surface area contributed by atoms with Crippen LogP contribution in [-0.2, 0) is 0 Å². The van der Waals surface area contributed by atoms with Gasteiger partial charge in [-0.2, -0.15) is 0 Å². The van der Waals surface area contributed by atoms with Crippen molar-refractivity contribution >= 4 is 28.1 Å². The topological polar surface area (TPSA) is 49.8 Å². The molecule has 4 aromatic rings. The second-order valence-corrected chi connectivity index (χ2v) is 9.73. The molecule has 0 aliphatic carbocycles. The van der Waals surface area contributed by atoms with E-state index in [1.54, 1.807) is 19.1 Å². The molecule has 0 saturated carbocycles. The first-order valence-corrected chi connectivity index (χ1v) is 12.6. The van der Waals surface area contributed by atoms with E-state index in [0.717, 1.165) is 19.3 Å². The monoisotopic (exact) mass is 501 g/mol. The average Bonchev–Trinajstić information content (AvgIpc) is 2.87. The number of fused-ring (bicyclic) bond motifs is 2. The Morgan fingerprint density at radius 3 is 2.62 bits per heavy atom. The van der Waals surface area contributed by atoms with E-state index in [9.17, 15) is 18.7 Å². The third-order valence-electron chi connectivity index (χ3n) is 7.30. The van der Waals surface area contributed by atoms with E-state index in [1.165, 1.54) is 34.5 Å². The van der Waals surface area contributed by atoms with Gasteiger partial charge in [0.2, 0.25) is 0 Å². The SMILES string of the molecule is Cc1c(N2CC(CCC[C@H](C)c3cccc4ccccc34)Oc3cc(F)ccc32)ccc(F)c1C(=O)O. The Morgan fingerprint density at radius 2 is 1.81 bits per heavy atom. The fraction of sp³-hybridized carbons (Fsp3) is 0.258. The molecule has 190 valence electrons. The molecule has 0 spiro atoms. The van der Waals surface area contributed by atoms with Gasteiger partial charge in [-0.05, 0) is 78.3 Å². The fourth-order valence-electron chi connectivity index (χ4n) is 5.41. The smallest absolute Gasteiger partial charge is 0.339 e. The highest BCUT2D eigenvalue weighted by molar-refractivity contribution is 5.92. The minimum Gasteiger partial charge on any atom is -0.486 e.